The van der Waals surface area contributed by atoms with Crippen LogP contribution in [0.15, 0.2) is 69.6 Å². The Bertz CT molecular complexity index is 2320. The topological polar surface area (TPSA) is 176 Å². The van der Waals surface area contributed by atoms with Gasteiger partial charge in [-0.3, -0.25) is 30.0 Å². The molecule has 4 aromatic carbocycles. The molecule has 0 atom stereocenters. The maximum absolute atomic E-state index is 13.3. The molecule has 0 saturated carbocycles. The van der Waals surface area contributed by atoms with Crippen molar-refractivity contribution in [2.24, 2.45) is 0 Å². The summed E-state index contributed by atoms with van der Waals surface area (Å²) in [5.41, 5.74) is 10.8. The van der Waals surface area contributed by atoms with Crippen molar-refractivity contribution in [3.63, 3.8) is 0 Å². The van der Waals surface area contributed by atoms with Crippen molar-refractivity contribution in [3.8, 4) is 23.6 Å². The molecule has 12 nitrogen and oxygen atoms in total. The van der Waals surface area contributed by atoms with Gasteiger partial charge in [-0.05, 0) is 163 Å². The van der Waals surface area contributed by atoms with Gasteiger partial charge in [0.1, 0.15) is 17.6 Å². The normalized spacial score (nSPS) is 10.5. The maximum atomic E-state index is 13.3. The lowest BCUT2D eigenvalue weighted by Crippen LogP contribution is -2.56. The first-order chi connectivity index (χ1) is 28.3. The molecular formula is C47H57Br3N6O6. The molecular weight excluding hydrogens is 984 g/mol. The van der Waals surface area contributed by atoms with Crippen LogP contribution in [0.1, 0.15) is 124 Å². The van der Waals surface area contributed by atoms with E-state index in [0.717, 1.165) is 22.3 Å². The Morgan fingerprint density at radius 3 is 1.34 bits per heavy atom. The Hall–Kier alpha value is -5.22. The minimum Gasteiger partial charge on any atom is -0.506 e. The van der Waals surface area contributed by atoms with Gasteiger partial charge in [0.2, 0.25) is 0 Å². The Morgan fingerprint density at radius 1 is 0.645 bits per heavy atom. The highest BCUT2D eigenvalue weighted by atomic mass is 79.9. The first-order valence-corrected chi connectivity index (χ1v) is 21.7. The van der Waals surface area contributed by atoms with Crippen LogP contribution in [0.2, 0.25) is 0 Å². The van der Waals surface area contributed by atoms with Crippen LogP contribution in [0.4, 0.5) is 0 Å². The summed E-state index contributed by atoms with van der Waals surface area (Å²) in [4.78, 5) is 52.3. The van der Waals surface area contributed by atoms with E-state index in [9.17, 15) is 24.3 Å². The lowest BCUT2D eigenvalue weighted by Gasteiger charge is -2.35. The van der Waals surface area contributed by atoms with Crippen molar-refractivity contribution in [2.45, 2.75) is 102 Å². The number of aromatic hydroxyl groups is 1. The first-order valence-electron chi connectivity index (χ1n) is 19.0. The average molecular weight is 1040 g/mol. The summed E-state index contributed by atoms with van der Waals surface area (Å²) in [5.74, 6) is -1.05. The second kappa shape index (κ2) is 23.8. The molecule has 3 N–H and O–H groups in total. The second-order valence-electron chi connectivity index (χ2n) is 16.1. The molecule has 0 unspecified atom stereocenters. The van der Waals surface area contributed by atoms with Gasteiger partial charge in [-0.15, -0.1) is 0 Å². The maximum Gasteiger partial charge on any atom is 0.272 e. The molecule has 0 aliphatic heterocycles. The summed E-state index contributed by atoms with van der Waals surface area (Å²) in [7, 11) is 0. The number of carbonyl (C=O) groups excluding carboxylic acids is 4. The molecule has 15 heteroatoms. The first kappa shape index (κ1) is 54.8. The van der Waals surface area contributed by atoms with Crippen LogP contribution in [-0.2, 0) is 0 Å². The van der Waals surface area contributed by atoms with Crippen molar-refractivity contribution in [3.05, 3.63) is 125 Å². The third kappa shape index (κ3) is 15.3. The van der Waals surface area contributed by atoms with E-state index in [2.05, 4.69) is 58.6 Å². The molecule has 0 spiro atoms. The van der Waals surface area contributed by atoms with Gasteiger partial charge in [0.05, 0.1) is 31.4 Å². The monoisotopic (exact) mass is 1040 g/mol. The molecule has 4 aromatic rings. The number of hydrazine groups is 2. The fourth-order valence-corrected chi connectivity index (χ4v) is 6.90. The number of phenols is 1. The van der Waals surface area contributed by atoms with Gasteiger partial charge >= 0.3 is 0 Å². The molecule has 0 aromatic heterocycles. The molecule has 0 aliphatic rings. The predicted molar refractivity (Wildman–Crippen MR) is 255 cm³/mol. The number of halogens is 3. The van der Waals surface area contributed by atoms with Crippen LogP contribution >= 0.6 is 47.8 Å². The van der Waals surface area contributed by atoms with Gasteiger partial charge in [0.15, 0.2) is 6.61 Å². The van der Waals surface area contributed by atoms with Gasteiger partial charge in [0, 0.05) is 33.4 Å². The highest BCUT2D eigenvalue weighted by Gasteiger charge is 2.32. The zero-order valence-electron chi connectivity index (χ0n) is 36.6. The zero-order chi connectivity index (χ0) is 46.6. The van der Waals surface area contributed by atoms with E-state index < -0.39 is 22.9 Å². The summed E-state index contributed by atoms with van der Waals surface area (Å²) in [5, 5.41) is 29.6. The number of carbonyl (C=O) groups is 4. The minimum atomic E-state index is -0.659. The van der Waals surface area contributed by atoms with Crippen molar-refractivity contribution >= 4 is 71.4 Å². The van der Waals surface area contributed by atoms with Crippen LogP contribution in [0.3, 0.4) is 0 Å². The minimum absolute atomic E-state index is 0. The van der Waals surface area contributed by atoms with E-state index in [1.807, 2.05) is 93.5 Å². The third-order valence-electron chi connectivity index (χ3n) is 8.68. The molecule has 0 saturated heterocycles. The van der Waals surface area contributed by atoms with Crippen molar-refractivity contribution in [2.75, 3.05) is 11.9 Å². The van der Waals surface area contributed by atoms with Crippen molar-refractivity contribution in [1.29, 1.82) is 10.5 Å². The molecule has 0 aliphatic carbocycles. The lowest BCUT2D eigenvalue weighted by atomic mass is 10.0. The number of nitrogens with zero attached hydrogens (tertiary/aromatic N) is 4. The van der Waals surface area contributed by atoms with Gasteiger partial charge in [-0.2, -0.15) is 10.5 Å². The second-order valence-corrected chi connectivity index (χ2v) is 18.4. The van der Waals surface area contributed by atoms with E-state index in [4.69, 9.17) is 15.3 Å². The molecule has 0 heterocycles. The number of aryl methyl sites for hydroxylation is 4. The number of alkyl halides is 1. The Labute approximate surface area is 392 Å². The van der Waals surface area contributed by atoms with Crippen molar-refractivity contribution < 1.29 is 29.0 Å². The summed E-state index contributed by atoms with van der Waals surface area (Å²) < 4.78 is 6.61. The summed E-state index contributed by atoms with van der Waals surface area (Å²) in [6, 6.07) is 21.5. The number of hydrogen-bond donors (Lipinski definition) is 3. The van der Waals surface area contributed by atoms with E-state index in [1.165, 1.54) is 10.0 Å². The van der Waals surface area contributed by atoms with Crippen LogP contribution in [0.25, 0.3) is 0 Å². The molecule has 0 bridgehead atoms. The predicted octanol–water partition coefficient (Wildman–Crippen LogP) is 11.1. The van der Waals surface area contributed by atoms with E-state index >= 15 is 0 Å². The quantitative estimate of drug-likeness (QED) is 0.126. The number of amides is 4. The van der Waals surface area contributed by atoms with Crippen LogP contribution in [0.5, 0.6) is 11.5 Å². The molecule has 4 amide bonds. The van der Waals surface area contributed by atoms with Gasteiger partial charge in [0.25, 0.3) is 23.6 Å². The van der Waals surface area contributed by atoms with Gasteiger partial charge < -0.3 is 9.84 Å². The number of nitriles is 2. The van der Waals surface area contributed by atoms with Crippen LogP contribution in [0, 0.1) is 64.2 Å². The molecule has 4 rings (SSSR count). The standard InChI is InChI=1S/C23H26BrN3O3.C21H25BrN2O3.C2H2BrN.CH4/c1-14-11-15(2)13-17(12-14)22(29)27(23(4,5)6)26-21(28)18-7-8-19(24)20(16(18)3)30-10-9-25;1-12-9-13(2)11-15(10-12)20(27)24(21(4,5)6)23-19(26)16-7-8-17(22)18(25)14(16)3;3-1-2-4;/h7-8,11-13H,10H2,1-6H3,(H,26,28);7-11,25H,1-6H3,(H,23,26);1H2;1H4. The lowest BCUT2D eigenvalue weighted by molar-refractivity contribution is 0.0356. The summed E-state index contributed by atoms with van der Waals surface area (Å²) >= 11 is 9.50. The highest BCUT2D eigenvalue weighted by molar-refractivity contribution is 9.11. The Morgan fingerprint density at radius 2 is 1.00 bits per heavy atom. The third-order valence-corrected chi connectivity index (χ3v) is 10.2. The molecule has 0 radical (unpaired) electrons. The smallest absolute Gasteiger partial charge is 0.272 e. The number of rotatable bonds is 6. The summed E-state index contributed by atoms with van der Waals surface area (Å²) in [6.45, 7) is 22.1. The number of ether oxygens (including phenoxy) is 1. The number of hydrogen-bond acceptors (Lipinski definition) is 8. The largest absolute Gasteiger partial charge is 0.506 e. The SMILES string of the molecule is C.Cc1cc(C)cc(C(=O)N(NC(=O)c2ccc(Br)c(O)c2C)C(C)(C)C)c1.Cc1cc(C)cc(C(=O)N(NC(=O)c2ccc(Br)c(OCC#N)c2C)C(C)(C)C)c1.N#CCBr. The van der Waals surface area contributed by atoms with Crippen molar-refractivity contribution in [1.82, 2.24) is 20.9 Å². The average Bonchev–Trinajstić information content (AvgIpc) is 3.16. The number of phenolic OH excluding ortho intramolecular Hbond substituents is 1. The summed E-state index contributed by atoms with van der Waals surface area (Å²) in [6.07, 6.45) is 0. The zero-order valence-corrected chi connectivity index (χ0v) is 41.4. The Balaban J connectivity index is 0.000000564. The van der Waals surface area contributed by atoms with Gasteiger partial charge in [-0.1, -0.05) is 57.7 Å². The number of nitrogens with one attached hydrogen (secondary N) is 2. The molecule has 332 valence electrons. The van der Waals surface area contributed by atoms with Gasteiger partial charge in [-0.25, -0.2) is 10.0 Å². The van der Waals surface area contributed by atoms with Crippen LogP contribution < -0.4 is 15.6 Å². The molecule has 62 heavy (non-hydrogen) atoms. The molecule has 0 fully saturated rings. The fourth-order valence-electron chi connectivity index (χ4n) is 5.92. The van der Waals surface area contributed by atoms with Crippen LogP contribution in [-0.4, -0.2) is 61.8 Å². The Kier molecular flexibility index (Phi) is 21.1. The fraction of sp³-hybridized carbons (Fsp3) is 0.362. The van der Waals surface area contributed by atoms with E-state index in [-0.39, 0.29) is 31.6 Å². The highest BCUT2D eigenvalue weighted by Crippen LogP contribution is 2.32. The van der Waals surface area contributed by atoms with E-state index in [0.29, 0.717) is 53.4 Å². The van der Waals surface area contributed by atoms with E-state index in [1.54, 1.807) is 62.4 Å². The number of benzene rings is 4.